The summed E-state index contributed by atoms with van der Waals surface area (Å²) in [7, 11) is 0. The summed E-state index contributed by atoms with van der Waals surface area (Å²) in [6, 6.07) is 12.1. The van der Waals surface area contributed by atoms with Crippen LogP contribution in [0.2, 0.25) is 0 Å². The molecule has 0 heterocycles. The normalized spacial score (nSPS) is 10.7. The van der Waals surface area contributed by atoms with Gasteiger partial charge in [-0.1, -0.05) is 6.07 Å². The first kappa shape index (κ1) is 14.3. The number of rotatable bonds is 4. The van der Waals surface area contributed by atoms with Crippen LogP contribution in [-0.4, -0.2) is 6.10 Å². The smallest absolute Gasteiger partial charge is 0.144 e. The van der Waals surface area contributed by atoms with E-state index in [1.54, 1.807) is 0 Å². The zero-order chi connectivity index (χ0) is 14.7. The maximum atomic E-state index is 5.92. The van der Waals surface area contributed by atoms with Gasteiger partial charge in [-0.05, 0) is 63.1 Å². The van der Waals surface area contributed by atoms with Crippen molar-refractivity contribution < 1.29 is 4.74 Å². The van der Waals surface area contributed by atoms with Gasteiger partial charge in [0, 0.05) is 17.4 Å². The van der Waals surface area contributed by atoms with Crippen molar-refractivity contribution in [2.45, 2.75) is 33.8 Å². The van der Waals surface area contributed by atoms with Crippen molar-refractivity contribution in [1.29, 1.82) is 0 Å². The lowest BCUT2D eigenvalue weighted by Crippen LogP contribution is -2.07. The van der Waals surface area contributed by atoms with Crippen LogP contribution >= 0.6 is 0 Å². The molecule has 2 aromatic carbocycles. The molecule has 3 nitrogen and oxygen atoms in total. The van der Waals surface area contributed by atoms with E-state index in [9.17, 15) is 0 Å². The molecule has 0 aliphatic heterocycles. The number of benzene rings is 2. The Balaban J connectivity index is 2.22. The average Bonchev–Trinajstić information content (AvgIpc) is 2.37. The quantitative estimate of drug-likeness (QED) is 0.809. The second-order valence-electron chi connectivity index (χ2n) is 5.34. The van der Waals surface area contributed by atoms with Gasteiger partial charge in [0.15, 0.2) is 0 Å². The summed E-state index contributed by atoms with van der Waals surface area (Å²) in [4.78, 5) is 0. The fourth-order valence-corrected chi connectivity index (χ4v) is 1.95. The second kappa shape index (κ2) is 5.87. The van der Waals surface area contributed by atoms with Crippen LogP contribution < -0.4 is 15.8 Å². The van der Waals surface area contributed by atoms with Crippen LogP contribution in [-0.2, 0) is 0 Å². The highest BCUT2D eigenvalue weighted by Crippen LogP contribution is 2.28. The van der Waals surface area contributed by atoms with Gasteiger partial charge in [0.05, 0.1) is 11.8 Å². The second-order valence-corrected chi connectivity index (χ2v) is 5.34. The lowest BCUT2D eigenvalue weighted by molar-refractivity contribution is 0.244. The summed E-state index contributed by atoms with van der Waals surface area (Å²) < 4.78 is 5.70. The molecule has 0 saturated heterocycles. The molecule has 20 heavy (non-hydrogen) atoms. The number of anilines is 3. The van der Waals surface area contributed by atoms with Gasteiger partial charge in [0.25, 0.3) is 0 Å². The standard InChI is InChI=1S/C17H22N2O/c1-11(2)20-17-10-15(7-8-16(17)18)19-14-6-5-12(3)13(4)9-14/h5-11,19H,18H2,1-4H3. The van der Waals surface area contributed by atoms with E-state index in [1.165, 1.54) is 11.1 Å². The summed E-state index contributed by atoms with van der Waals surface area (Å²) >= 11 is 0. The van der Waals surface area contributed by atoms with Crippen LogP contribution in [0.4, 0.5) is 17.1 Å². The Bertz CT molecular complexity index is 606. The number of hydrogen-bond donors (Lipinski definition) is 2. The van der Waals surface area contributed by atoms with E-state index in [1.807, 2.05) is 32.0 Å². The van der Waals surface area contributed by atoms with E-state index < -0.39 is 0 Å². The third kappa shape index (κ3) is 3.44. The lowest BCUT2D eigenvalue weighted by Gasteiger charge is -2.14. The van der Waals surface area contributed by atoms with Gasteiger partial charge in [-0.25, -0.2) is 0 Å². The van der Waals surface area contributed by atoms with E-state index in [4.69, 9.17) is 10.5 Å². The minimum absolute atomic E-state index is 0.106. The van der Waals surface area contributed by atoms with E-state index in [-0.39, 0.29) is 6.10 Å². The highest BCUT2D eigenvalue weighted by atomic mass is 16.5. The van der Waals surface area contributed by atoms with Gasteiger partial charge < -0.3 is 15.8 Å². The van der Waals surface area contributed by atoms with E-state index in [0.29, 0.717) is 11.4 Å². The Morgan fingerprint density at radius 3 is 2.25 bits per heavy atom. The SMILES string of the molecule is Cc1ccc(Nc2ccc(N)c(OC(C)C)c2)cc1C. The Hall–Kier alpha value is -2.16. The van der Waals surface area contributed by atoms with Crippen molar-refractivity contribution in [3.05, 3.63) is 47.5 Å². The summed E-state index contributed by atoms with van der Waals surface area (Å²) in [6.45, 7) is 8.19. The molecule has 3 heteroatoms. The van der Waals surface area contributed by atoms with Crippen LogP contribution in [0.5, 0.6) is 5.75 Å². The highest BCUT2D eigenvalue weighted by molar-refractivity contribution is 5.67. The van der Waals surface area contributed by atoms with Crippen molar-refractivity contribution in [3.8, 4) is 5.75 Å². The first-order valence-electron chi connectivity index (χ1n) is 6.86. The largest absolute Gasteiger partial charge is 0.489 e. The fraction of sp³-hybridized carbons (Fsp3) is 0.294. The summed E-state index contributed by atoms with van der Waals surface area (Å²) in [5.74, 6) is 0.717. The molecule has 0 aliphatic carbocycles. The van der Waals surface area contributed by atoms with Crippen molar-refractivity contribution >= 4 is 17.1 Å². The number of aryl methyl sites for hydroxylation is 2. The number of ether oxygens (including phenoxy) is 1. The summed E-state index contributed by atoms with van der Waals surface area (Å²) in [5.41, 5.74) is 11.2. The zero-order valence-corrected chi connectivity index (χ0v) is 12.5. The molecule has 2 aromatic rings. The van der Waals surface area contributed by atoms with Crippen LogP contribution in [0.1, 0.15) is 25.0 Å². The van der Waals surface area contributed by atoms with Gasteiger partial charge in [-0.2, -0.15) is 0 Å². The predicted molar refractivity (Wildman–Crippen MR) is 85.8 cm³/mol. The van der Waals surface area contributed by atoms with Crippen molar-refractivity contribution in [1.82, 2.24) is 0 Å². The zero-order valence-electron chi connectivity index (χ0n) is 12.5. The number of hydrogen-bond acceptors (Lipinski definition) is 3. The summed E-state index contributed by atoms with van der Waals surface area (Å²) in [5, 5.41) is 3.38. The minimum Gasteiger partial charge on any atom is -0.489 e. The highest BCUT2D eigenvalue weighted by Gasteiger charge is 2.05. The molecular weight excluding hydrogens is 248 g/mol. The molecular formula is C17H22N2O. The van der Waals surface area contributed by atoms with Gasteiger partial charge in [-0.15, -0.1) is 0 Å². The Morgan fingerprint density at radius 1 is 0.950 bits per heavy atom. The van der Waals surface area contributed by atoms with Gasteiger partial charge in [-0.3, -0.25) is 0 Å². The van der Waals surface area contributed by atoms with Crippen LogP contribution in [0.3, 0.4) is 0 Å². The Morgan fingerprint density at radius 2 is 1.60 bits per heavy atom. The number of nitrogen functional groups attached to an aromatic ring is 1. The molecule has 0 aromatic heterocycles. The van der Waals surface area contributed by atoms with Crippen molar-refractivity contribution in [2.24, 2.45) is 0 Å². The van der Waals surface area contributed by atoms with Crippen molar-refractivity contribution in [2.75, 3.05) is 11.1 Å². The maximum Gasteiger partial charge on any atom is 0.144 e. The van der Waals surface area contributed by atoms with Crippen LogP contribution in [0, 0.1) is 13.8 Å². The monoisotopic (exact) mass is 270 g/mol. The van der Waals surface area contributed by atoms with Crippen LogP contribution in [0.25, 0.3) is 0 Å². The van der Waals surface area contributed by atoms with Gasteiger partial charge in [0.1, 0.15) is 5.75 Å². The molecule has 0 fully saturated rings. The first-order chi connectivity index (χ1) is 9.45. The fourth-order valence-electron chi connectivity index (χ4n) is 1.95. The molecule has 0 bridgehead atoms. The molecule has 106 valence electrons. The average molecular weight is 270 g/mol. The molecule has 0 atom stereocenters. The number of nitrogens with one attached hydrogen (secondary N) is 1. The molecule has 0 amide bonds. The summed E-state index contributed by atoms with van der Waals surface area (Å²) in [6.07, 6.45) is 0.106. The van der Waals surface area contributed by atoms with Gasteiger partial charge in [0.2, 0.25) is 0 Å². The third-order valence-electron chi connectivity index (χ3n) is 3.17. The van der Waals surface area contributed by atoms with Crippen molar-refractivity contribution in [3.63, 3.8) is 0 Å². The van der Waals surface area contributed by atoms with Crippen LogP contribution in [0.15, 0.2) is 36.4 Å². The van der Waals surface area contributed by atoms with E-state index in [0.717, 1.165) is 11.4 Å². The maximum absolute atomic E-state index is 5.92. The van der Waals surface area contributed by atoms with Gasteiger partial charge >= 0.3 is 0 Å². The van der Waals surface area contributed by atoms with E-state index in [2.05, 4.69) is 37.4 Å². The lowest BCUT2D eigenvalue weighted by atomic mass is 10.1. The Labute approximate surface area is 120 Å². The van der Waals surface area contributed by atoms with E-state index >= 15 is 0 Å². The molecule has 0 aliphatic rings. The predicted octanol–water partition coefficient (Wildman–Crippen LogP) is 4.42. The molecule has 0 spiro atoms. The topological polar surface area (TPSA) is 47.3 Å². The molecule has 0 unspecified atom stereocenters. The Kier molecular flexibility index (Phi) is 4.18. The minimum atomic E-state index is 0.106. The molecule has 2 rings (SSSR count). The molecule has 0 saturated carbocycles. The number of nitrogens with two attached hydrogens (primary N) is 1. The molecule has 3 N–H and O–H groups in total. The first-order valence-corrected chi connectivity index (χ1v) is 6.86. The third-order valence-corrected chi connectivity index (χ3v) is 3.17. The molecule has 0 radical (unpaired) electrons.